The largest absolute Gasteiger partial charge is 0.457 e. The van der Waals surface area contributed by atoms with Gasteiger partial charge in [-0.15, -0.1) is 0 Å². The Hall–Kier alpha value is -2.18. The monoisotopic (exact) mass is 551 g/mol. The lowest BCUT2D eigenvalue weighted by atomic mass is 9.62. The van der Waals surface area contributed by atoms with E-state index in [1.165, 1.54) is 44.6 Å². The summed E-state index contributed by atoms with van der Waals surface area (Å²) in [6.45, 7) is 3.66. The molecule has 0 spiro atoms. The second-order valence-corrected chi connectivity index (χ2v) is 13.0. The van der Waals surface area contributed by atoms with Gasteiger partial charge in [-0.2, -0.15) is 0 Å². The lowest BCUT2D eigenvalue weighted by molar-refractivity contribution is -0.145. The van der Waals surface area contributed by atoms with E-state index in [-0.39, 0.29) is 17.5 Å². The van der Waals surface area contributed by atoms with E-state index < -0.39 is 12.2 Å². The van der Waals surface area contributed by atoms with Crippen molar-refractivity contribution in [1.29, 1.82) is 0 Å². The maximum Gasteiger partial charge on any atom is 0.303 e. The van der Waals surface area contributed by atoms with E-state index in [1.807, 2.05) is 6.20 Å². The highest BCUT2D eigenvalue weighted by atomic mass is 16.5. The van der Waals surface area contributed by atoms with Crippen LogP contribution >= 0.6 is 0 Å². The Morgan fingerprint density at radius 1 is 1.18 bits per heavy atom. The summed E-state index contributed by atoms with van der Waals surface area (Å²) in [5.74, 6) is 3.35. The zero-order valence-electron chi connectivity index (χ0n) is 24.5. The Morgan fingerprint density at radius 2 is 1.98 bits per heavy atom. The number of fused-ring (bicyclic) bond motifs is 1. The molecule has 2 N–H and O–H groups in total. The minimum Gasteiger partial charge on any atom is -0.457 e. The number of oxazole rings is 1. The molecule has 0 saturated heterocycles. The summed E-state index contributed by atoms with van der Waals surface area (Å²) in [5, 5.41) is 20.1. The van der Waals surface area contributed by atoms with Crippen molar-refractivity contribution in [2.24, 2.45) is 17.8 Å². The fraction of sp³-hybridized carbons (Fsp3) is 0.706. The summed E-state index contributed by atoms with van der Waals surface area (Å²) >= 11 is 0. The van der Waals surface area contributed by atoms with Crippen LogP contribution < -0.4 is 0 Å². The van der Waals surface area contributed by atoms with Crippen LogP contribution in [-0.2, 0) is 21.4 Å². The maximum absolute atomic E-state index is 12.1. The number of esters is 1. The first-order valence-corrected chi connectivity index (χ1v) is 15.9. The molecular formula is C34H49NO5. The second-order valence-electron chi connectivity index (χ2n) is 13.0. The number of aryl methyl sites for hydroxylation is 1. The number of rotatable bonds is 10. The van der Waals surface area contributed by atoms with Gasteiger partial charge in [0.1, 0.15) is 11.9 Å². The molecule has 6 heteroatoms. The smallest absolute Gasteiger partial charge is 0.303 e. The third-order valence-electron chi connectivity index (χ3n) is 9.90. The number of ether oxygens (including phenoxy) is 1. The Bertz CT molecular complexity index is 1080. The molecule has 220 valence electrons. The zero-order valence-corrected chi connectivity index (χ0v) is 24.5. The van der Waals surface area contributed by atoms with Gasteiger partial charge < -0.3 is 19.4 Å². The van der Waals surface area contributed by atoms with Crippen LogP contribution in [0.5, 0.6) is 0 Å². The summed E-state index contributed by atoms with van der Waals surface area (Å²) in [5.41, 5.74) is 2.41. The molecule has 6 nitrogen and oxygen atoms in total. The minimum atomic E-state index is -0.421. The van der Waals surface area contributed by atoms with Crippen molar-refractivity contribution in [1.82, 2.24) is 4.98 Å². The highest BCUT2D eigenvalue weighted by molar-refractivity contribution is 5.66. The molecule has 0 aliphatic heterocycles. The third kappa shape index (κ3) is 6.99. The predicted molar refractivity (Wildman–Crippen MR) is 156 cm³/mol. The summed E-state index contributed by atoms with van der Waals surface area (Å²) < 4.78 is 12.0. The average Bonchev–Trinajstić information content (AvgIpc) is 3.60. The molecule has 6 atom stereocenters. The van der Waals surface area contributed by atoms with Crippen molar-refractivity contribution in [3.63, 3.8) is 0 Å². The normalized spacial score (nSPS) is 31.6. The highest BCUT2D eigenvalue weighted by Gasteiger charge is 2.56. The highest BCUT2D eigenvalue weighted by Crippen LogP contribution is 2.53. The van der Waals surface area contributed by atoms with Crippen molar-refractivity contribution >= 4 is 5.97 Å². The van der Waals surface area contributed by atoms with Crippen LogP contribution in [0.15, 0.2) is 46.1 Å². The van der Waals surface area contributed by atoms with E-state index in [0.717, 1.165) is 56.6 Å². The van der Waals surface area contributed by atoms with E-state index in [2.05, 4.69) is 36.2 Å². The number of unbranched alkanes of at least 4 members (excludes halogenated alkanes) is 1. The van der Waals surface area contributed by atoms with E-state index in [4.69, 9.17) is 9.15 Å². The molecule has 0 amide bonds. The fourth-order valence-corrected chi connectivity index (χ4v) is 7.66. The number of carbonyl (C=O) groups is 1. The maximum atomic E-state index is 12.1. The van der Waals surface area contributed by atoms with Crippen molar-refractivity contribution in [3.05, 3.63) is 53.3 Å². The molecular weight excluding hydrogens is 502 g/mol. The van der Waals surface area contributed by atoms with Gasteiger partial charge in [-0.3, -0.25) is 4.79 Å². The number of hydrogen-bond donors (Lipinski definition) is 2. The van der Waals surface area contributed by atoms with Gasteiger partial charge in [0.2, 0.25) is 5.89 Å². The Kier molecular flexibility index (Phi) is 9.68. The predicted octanol–water partition coefficient (Wildman–Crippen LogP) is 6.90. The fourth-order valence-electron chi connectivity index (χ4n) is 7.66. The number of hydrogen-bond acceptors (Lipinski definition) is 6. The molecule has 1 heterocycles. The number of allylic oxidation sites excluding steroid dienone is 4. The summed E-state index contributed by atoms with van der Waals surface area (Å²) in [6.07, 6.45) is 24.8. The van der Waals surface area contributed by atoms with Gasteiger partial charge >= 0.3 is 5.97 Å². The van der Waals surface area contributed by atoms with Crippen LogP contribution in [0, 0.1) is 17.8 Å². The average molecular weight is 552 g/mol. The van der Waals surface area contributed by atoms with Gasteiger partial charge in [0.05, 0.1) is 23.8 Å². The molecule has 0 radical (unpaired) electrons. The van der Waals surface area contributed by atoms with E-state index in [1.54, 1.807) is 5.57 Å². The number of aromatic nitrogens is 1. The van der Waals surface area contributed by atoms with Crippen molar-refractivity contribution in [2.75, 3.05) is 0 Å². The SMILES string of the molecule is CCCCc1cnc(C2([C@H](/C=C/CC3CCC[C@H]4/C(=C/C=C5C[C@@H](O)C[C@H](O)C5)CCC[C@H]34)OC(C)=O)CC2)o1. The van der Waals surface area contributed by atoms with Crippen LogP contribution in [0.3, 0.4) is 0 Å². The molecule has 1 aromatic rings. The van der Waals surface area contributed by atoms with E-state index in [9.17, 15) is 15.0 Å². The van der Waals surface area contributed by atoms with E-state index in [0.29, 0.717) is 37.0 Å². The van der Waals surface area contributed by atoms with Gasteiger partial charge in [0.25, 0.3) is 0 Å². The Balaban J connectivity index is 1.25. The quantitative estimate of drug-likeness (QED) is 0.243. The number of aliphatic hydroxyl groups is 2. The van der Waals surface area contributed by atoms with Crippen LogP contribution in [0.2, 0.25) is 0 Å². The summed E-state index contributed by atoms with van der Waals surface area (Å²) in [6, 6.07) is 0. The first-order valence-electron chi connectivity index (χ1n) is 15.9. The molecule has 1 aromatic heterocycles. The summed E-state index contributed by atoms with van der Waals surface area (Å²) in [4.78, 5) is 16.7. The van der Waals surface area contributed by atoms with Gasteiger partial charge in [0.15, 0.2) is 0 Å². The number of aliphatic hydroxyl groups excluding tert-OH is 2. The van der Waals surface area contributed by atoms with Crippen molar-refractivity contribution < 1.29 is 24.2 Å². The number of nitrogens with zero attached hydrogens (tertiary/aromatic N) is 1. The van der Waals surface area contributed by atoms with Crippen LogP contribution in [0.1, 0.15) is 115 Å². The molecule has 1 unspecified atom stereocenters. The molecule has 4 aliphatic carbocycles. The zero-order chi connectivity index (χ0) is 28.1. The van der Waals surface area contributed by atoms with Crippen LogP contribution in [0.4, 0.5) is 0 Å². The van der Waals surface area contributed by atoms with Crippen molar-refractivity contribution in [3.8, 4) is 0 Å². The molecule has 4 fully saturated rings. The minimum absolute atomic E-state index is 0.259. The molecule has 0 aromatic carbocycles. The molecule has 0 bridgehead atoms. The van der Waals surface area contributed by atoms with Gasteiger partial charge in [-0.05, 0) is 101 Å². The van der Waals surface area contributed by atoms with Crippen LogP contribution in [-0.4, -0.2) is 39.5 Å². The topological polar surface area (TPSA) is 92.8 Å². The van der Waals surface area contributed by atoms with Crippen LogP contribution in [0.25, 0.3) is 0 Å². The third-order valence-corrected chi connectivity index (χ3v) is 9.90. The van der Waals surface area contributed by atoms with E-state index >= 15 is 0 Å². The molecule has 4 saturated carbocycles. The lowest BCUT2D eigenvalue weighted by Crippen LogP contribution is -2.32. The van der Waals surface area contributed by atoms with Gasteiger partial charge in [-0.25, -0.2) is 4.98 Å². The second kappa shape index (κ2) is 13.2. The lowest BCUT2D eigenvalue weighted by Gasteiger charge is -2.43. The summed E-state index contributed by atoms with van der Waals surface area (Å²) in [7, 11) is 0. The Labute approximate surface area is 240 Å². The Morgan fingerprint density at radius 3 is 2.70 bits per heavy atom. The number of carbonyl (C=O) groups excluding carboxylic acids is 1. The molecule has 5 rings (SSSR count). The molecule has 40 heavy (non-hydrogen) atoms. The van der Waals surface area contributed by atoms with Gasteiger partial charge in [0, 0.05) is 13.3 Å². The first kappa shape index (κ1) is 29.3. The van der Waals surface area contributed by atoms with Crippen molar-refractivity contribution in [2.45, 2.75) is 134 Å². The first-order chi connectivity index (χ1) is 19.4. The standard InChI is InChI=1S/C34H49NO5/c1-3-4-11-29-22-35-33(40-29)34(17-18-34)32(39-23(2)36)14-7-10-25-8-5-13-31-26(9-6-12-30(25)31)16-15-24-19-27(37)21-28(38)20-24/h7,14-16,22,25,27-28,30-32,37-38H,3-6,8-13,17-21H2,1-2H3/b14-7+,26-16+/t25?,27-,28-,30-,31+,32+/m1/s1. The molecule has 4 aliphatic rings. The van der Waals surface area contributed by atoms with Gasteiger partial charge in [-0.1, -0.05) is 49.1 Å².